The Morgan fingerprint density at radius 2 is 1.76 bits per heavy atom. The quantitative estimate of drug-likeness (QED) is 0.500. The number of carboxylic acids is 1. The number of hydrogen-bond donors (Lipinski definition) is 4. The Morgan fingerprint density at radius 1 is 1.07 bits per heavy atom. The molecule has 0 aliphatic carbocycles. The number of aromatic nitrogens is 1. The molecule has 8 heteroatoms. The number of rotatable bonds is 5. The van der Waals surface area contributed by atoms with E-state index in [9.17, 15) is 25.2 Å². The number of ether oxygens (including phenoxy) is 1. The Morgan fingerprint density at radius 3 is 2.28 bits per heavy atom. The van der Waals surface area contributed by atoms with Gasteiger partial charge in [0, 0.05) is 5.70 Å². The van der Waals surface area contributed by atoms with Gasteiger partial charge in [-0.15, -0.1) is 0 Å². The highest BCUT2D eigenvalue weighted by Crippen LogP contribution is 2.29. The van der Waals surface area contributed by atoms with E-state index in [1.54, 1.807) is 31.2 Å². The van der Waals surface area contributed by atoms with Crippen LogP contribution in [0.1, 0.15) is 27.7 Å². The Balaban J connectivity index is 2.67. The molecule has 0 spiro atoms. The molecule has 1 aliphatic heterocycles. The second kappa shape index (κ2) is 9.80. The van der Waals surface area contributed by atoms with Crippen LogP contribution in [0.25, 0.3) is 12.2 Å². The third-order valence-electron chi connectivity index (χ3n) is 4.77. The van der Waals surface area contributed by atoms with Crippen LogP contribution in [-0.4, -0.2) is 62.0 Å². The van der Waals surface area contributed by atoms with E-state index in [2.05, 4.69) is 4.98 Å². The summed E-state index contributed by atoms with van der Waals surface area (Å²) in [5.41, 5.74) is 0.576. The number of carboxylic acid groups (broad SMARTS) is 1. The van der Waals surface area contributed by atoms with Gasteiger partial charge in [0.15, 0.2) is 12.3 Å². The third-order valence-corrected chi connectivity index (χ3v) is 4.77. The first-order valence-electron chi connectivity index (χ1n) is 9.41. The van der Waals surface area contributed by atoms with E-state index in [-0.39, 0.29) is 0 Å². The molecule has 29 heavy (non-hydrogen) atoms. The van der Waals surface area contributed by atoms with Crippen molar-refractivity contribution in [3.05, 3.63) is 46.6 Å². The van der Waals surface area contributed by atoms with E-state index < -0.39 is 36.6 Å². The number of hydrogen-bond acceptors (Lipinski definition) is 7. The summed E-state index contributed by atoms with van der Waals surface area (Å²) in [5, 5.41) is 41.9. The summed E-state index contributed by atoms with van der Waals surface area (Å²) in [5.74, 6) is -1.04. The summed E-state index contributed by atoms with van der Waals surface area (Å²) < 4.78 is 5.55. The number of aliphatic hydroxyl groups excluding tert-OH is 3. The zero-order chi connectivity index (χ0) is 21.7. The lowest BCUT2D eigenvalue weighted by Gasteiger charge is -2.44. The van der Waals surface area contributed by atoms with E-state index in [1.165, 1.54) is 4.90 Å². The Labute approximate surface area is 169 Å². The lowest BCUT2D eigenvalue weighted by molar-refractivity contribution is -0.226. The molecule has 4 N–H and O–H groups in total. The normalized spacial score (nSPS) is 29.5. The van der Waals surface area contributed by atoms with Crippen molar-refractivity contribution in [2.24, 2.45) is 0 Å². The van der Waals surface area contributed by atoms with Crippen molar-refractivity contribution in [3.8, 4) is 0 Å². The van der Waals surface area contributed by atoms with E-state index >= 15 is 0 Å². The molecule has 5 atom stereocenters. The topological polar surface area (TPSA) is 123 Å². The molecule has 0 unspecified atom stereocenters. The third kappa shape index (κ3) is 4.56. The molecular weight excluding hydrogens is 376 g/mol. The molecule has 2 heterocycles. The standard InChI is InChI=1S/C21H28N2O6/c1-5-9-13(7-3)23(15-11-10-12(6-2)14(8-4)22-15)20-18(26)16(24)17(25)19(29-20)21(27)28/h5-11,16-20,24-26H,1-4H3,(H,27,28)/b9-5-,12-6-,13-7+,14-8+/t16-,17-,18+,19-,20+/m0/s1. The second-order valence-corrected chi connectivity index (χ2v) is 6.56. The van der Waals surface area contributed by atoms with Crippen LogP contribution in [0.3, 0.4) is 0 Å². The maximum absolute atomic E-state index is 11.5. The van der Waals surface area contributed by atoms with Gasteiger partial charge >= 0.3 is 5.97 Å². The highest BCUT2D eigenvalue weighted by atomic mass is 16.6. The highest BCUT2D eigenvalue weighted by molar-refractivity contribution is 5.73. The summed E-state index contributed by atoms with van der Waals surface area (Å²) in [6.45, 7) is 7.32. The average molecular weight is 404 g/mol. The van der Waals surface area contributed by atoms with E-state index in [1.807, 2.05) is 39.0 Å². The molecule has 0 radical (unpaired) electrons. The summed E-state index contributed by atoms with van der Waals surface area (Å²) >= 11 is 0. The molecule has 0 saturated carbocycles. The highest BCUT2D eigenvalue weighted by Gasteiger charge is 2.49. The van der Waals surface area contributed by atoms with Crippen molar-refractivity contribution in [3.63, 3.8) is 0 Å². The van der Waals surface area contributed by atoms with Crippen LogP contribution >= 0.6 is 0 Å². The average Bonchev–Trinajstić information content (AvgIpc) is 2.72. The molecule has 0 amide bonds. The predicted molar refractivity (Wildman–Crippen MR) is 109 cm³/mol. The maximum Gasteiger partial charge on any atom is 0.335 e. The maximum atomic E-state index is 11.5. The summed E-state index contributed by atoms with van der Waals surface area (Å²) in [4.78, 5) is 17.7. The number of carbonyl (C=O) groups is 1. The van der Waals surface area contributed by atoms with Crippen LogP contribution in [0.4, 0.5) is 5.82 Å². The van der Waals surface area contributed by atoms with Gasteiger partial charge < -0.3 is 25.2 Å². The number of allylic oxidation sites excluding steroid dienone is 3. The van der Waals surface area contributed by atoms with Crippen LogP contribution < -0.4 is 15.5 Å². The SMILES string of the molecule is C/C=C\C(=C/C)N(c1ccc(=C/C)/c(=C\C)n1)[C@@H]1O[C@H](C(=O)O)[C@@H](O)[C@H](O)[C@H]1O. The minimum Gasteiger partial charge on any atom is -0.479 e. The van der Waals surface area contributed by atoms with Crippen LogP contribution in [0.15, 0.2) is 36.1 Å². The zero-order valence-electron chi connectivity index (χ0n) is 16.9. The Kier molecular flexibility index (Phi) is 7.69. The summed E-state index contributed by atoms with van der Waals surface area (Å²) in [6.07, 6.45) is 0.982. The van der Waals surface area contributed by atoms with Crippen molar-refractivity contribution in [1.29, 1.82) is 0 Å². The smallest absolute Gasteiger partial charge is 0.335 e. The lowest BCUT2D eigenvalue weighted by Crippen LogP contribution is -2.64. The molecule has 1 fully saturated rings. The molecule has 1 aliphatic rings. The fourth-order valence-electron chi connectivity index (χ4n) is 3.26. The minimum atomic E-state index is -1.76. The van der Waals surface area contributed by atoms with E-state index in [0.717, 1.165) is 5.22 Å². The molecule has 0 aromatic carbocycles. The first-order chi connectivity index (χ1) is 13.8. The van der Waals surface area contributed by atoms with Gasteiger partial charge in [-0.05, 0) is 51.1 Å². The molecule has 1 aromatic heterocycles. The first kappa shape index (κ1) is 22.8. The largest absolute Gasteiger partial charge is 0.479 e. The molecule has 0 bridgehead atoms. The number of aliphatic hydroxyl groups is 3. The van der Waals surface area contributed by atoms with Gasteiger partial charge in [-0.3, -0.25) is 4.90 Å². The van der Waals surface area contributed by atoms with Gasteiger partial charge in [0.2, 0.25) is 0 Å². The van der Waals surface area contributed by atoms with Gasteiger partial charge in [-0.1, -0.05) is 24.3 Å². The van der Waals surface area contributed by atoms with Crippen molar-refractivity contribution in [1.82, 2.24) is 4.98 Å². The number of aliphatic carboxylic acids is 1. The molecule has 2 rings (SSSR count). The first-order valence-corrected chi connectivity index (χ1v) is 9.41. The monoisotopic (exact) mass is 404 g/mol. The van der Waals surface area contributed by atoms with Crippen molar-refractivity contribution < 1.29 is 30.0 Å². The van der Waals surface area contributed by atoms with Crippen molar-refractivity contribution in [2.75, 3.05) is 4.90 Å². The van der Waals surface area contributed by atoms with Crippen LogP contribution in [0, 0.1) is 0 Å². The van der Waals surface area contributed by atoms with Gasteiger partial charge in [-0.2, -0.15) is 0 Å². The van der Waals surface area contributed by atoms with Crippen LogP contribution in [0.2, 0.25) is 0 Å². The Bertz CT molecular complexity index is 910. The fraction of sp³-hybridized carbons (Fsp3) is 0.429. The van der Waals surface area contributed by atoms with Crippen LogP contribution in [0.5, 0.6) is 0 Å². The molecule has 8 nitrogen and oxygen atoms in total. The number of anilines is 1. The number of pyridine rings is 1. The van der Waals surface area contributed by atoms with E-state index in [0.29, 0.717) is 16.9 Å². The van der Waals surface area contributed by atoms with Crippen molar-refractivity contribution in [2.45, 2.75) is 58.3 Å². The van der Waals surface area contributed by atoms with Gasteiger partial charge in [0.1, 0.15) is 24.1 Å². The van der Waals surface area contributed by atoms with Gasteiger partial charge in [0.05, 0.1) is 5.35 Å². The van der Waals surface area contributed by atoms with E-state index in [4.69, 9.17) is 4.74 Å². The van der Waals surface area contributed by atoms with Gasteiger partial charge in [0.25, 0.3) is 0 Å². The Hall–Kier alpha value is -2.52. The molecule has 1 saturated heterocycles. The summed E-state index contributed by atoms with van der Waals surface area (Å²) in [6, 6.07) is 3.57. The zero-order valence-corrected chi connectivity index (χ0v) is 16.9. The van der Waals surface area contributed by atoms with Crippen LogP contribution in [-0.2, 0) is 9.53 Å². The molecular formula is C21H28N2O6. The number of nitrogens with zero attached hydrogens (tertiary/aromatic N) is 2. The summed E-state index contributed by atoms with van der Waals surface area (Å²) in [7, 11) is 0. The van der Waals surface area contributed by atoms with Crippen molar-refractivity contribution >= 4 is 23.9 Å². The molecule has 1 aromatic rings. The van der Waals surface area contributed by atoms with Gasteiger partial charge in [-0.25, -0.2) is 9.78 Å². The minimum absolute atomic E-state index is 0.395. The molecule has 158 valence electrons. The lowest BCUT2D eigenvalue weighted by atomic mass is 9.97. The second-order valence-electron chi connectivity index (χ2n) is 6.56. The predicted octanol–water partition coefficient (Wildman–Crippen LogP) is -0.139. The fourth-order valence-corrected chi connectivity index (χ4v) is 3.26.